The molecule has 22 heavy (non-hydrogen) atoms. The van der Waals surface area contributed by atoms with Gasteiger partial charge in [0, 0.05) is 5.69 Å². The Labute approximate surface area is 130 Å². The number of aromatic carboxylic acids is 1. The molecule has 1 amide bonds. The van der Waals surface area contributed by atoms with Crippen LogP contribution in [0.5, 0.6) is 0 Å². The van der Waals surface area contributed by atoms with Gasteiger partial charge < -0.3 is 10.4 Å². The normalized spacial score (nSPS) is 10.5. The van der Waals surface area contributed by atoms with E-state index in [1.54, 1.807) is 12.1 Å². The number of benzene rings is 2. The molecule has 0 spiro atoms. The van der Waals surface area contributed by atoms with E-state index in [4.69, 9.17) is 5.11 Å². The Morgan fingerprint density at radius 2 is 1.82 bits per heavy atom. The lowest BCUT2D eigenvalue weighted by molar-refractivity contribution is -0.115. The van der Waals surface area contributed by atoms with Gasteiger partial charge in [-0.15, -0.1) is 11.3 Å². The minimum absolute atomic E-state index is 0.179. The maximum atomic E-state index is 12.0. The fourth-order valence-corrected chi connectivity index (χ4v) is 3.00. The van der Waals surface area contributed by atoms with E-state index in [2.05, 4.69) is 10.3 Å². The molecule has 3 rings (SSSR count). The minimum atomic E-state index is -0.993. The third-order valence-electron chi connectivity index (χ3n) is 3.07. The van der Waals surface area contributed by atoms with Crippen molar-refractivity contribution in [1.29, 1.82) is 0 Å². The van der Waals surface area contributed by atoms with Gasteiger partial charge in [0.25, 0.3) is 0 Å². The van der Waals surface area contributed by atoms with Crippen LogP contribution < -0.4 is 5.32 Å². The molecule has 0 aliphatic carbocycles. The summed E-state index contributed by atoms with van der Waals surface area (Å²) in [5, 5.41) is 12.3. The Hall–Kier alpha value is -2.73. The van der Waals surface area contributed by atoms with E-state index in [1.165, 1.54) is 23.5 Å². The smallest absolute Gasteiger partial charge is 0.335 e. The fourth-order valence-electron chi connectivity index (χ4n) is 2.03. The maximum absolute atomic E-state index is 12.0. The molecule has 0 saturated carbocycles. The third kappa shape index (κ3) is 3.12. The first-order valence-corrected chi connectivity index (χ1v) is 7.41. The molecule has 5 nitrogen and oxygen atoms in total. The number of anilines is 1. The number of carbonyl (C=O) groups is 2. The summed E-state index contributed by atoms with van der Waals surface area (Å²) in [6, 6.07) is 13.8. The van der Waals surface area contributed by atoms with Crippen LogP contribution in [0.1, 0.15) is 15.4 Å². The summed E-state index contributed by atoms with van der Waals surface area (Å²) in [6.45, 7) is 0. The molecule has 2 aromatic carbocycles. The van der Waals surface area contributed by atoms with Crippen molar-refractivity contribution in [1.82, 2.24) is 4.98 Å². The summed E-state index contributed by atoms with van der Waals surface area (Å²) in [4.78, 5) is 27.2. The van der Waals surface area contributed by atoms with Crippen molar-refractivity contribution in [2.24, 2.45) is 0 Å². The average Bonchev–Trinajstić information content (AvgIpc) is 2.89. The summed E-state index contributed by atoms with van der Waals surface area (Å²) in [6.07, 6.45) is 0.194. The van der Waals surface area contributed by atoms with E-state index >= 15 is 0 Å². The molecule has 3 aromatic rings. The molecule has 0 atom stereocenters. The van der Waals surface area contributed by atoms with Crippen molar-refractivity contribution in [3.63, 3.8) is 0 Å². The van der Waals surface area contributed by atoms with Gasteiger partial charge in [0.15, 0.2) is 0 Å². The van der Waals surface area contributed by atoms with Crippen LogP contribution in [-0.2, 0) is 11.2 Å². The van der Waals surface area contributed by atoms with Gasteiger partial charge in [0.2, 0.25) is 5.91 Å². The van der Waals surface area contributed by atoms with Gasteiger partial charge in [-0.05, 0) is 36.4 Å². The average molecular weight is 312 g/mol. The molecule has 2 N–H and O–H groups in total. The standard InChI is InChI=1S/C16H12N2O3S/c19-14(17-11-7-5-10(6-8-11)16(20)21)9-15-18-12-3-1-2-4-13(12)22-15/h1-8H,9H2,(H,17,19)(H,20,21). The first kappa shape index (κ1) is 14.2. The number of aromatic nitrogens is 1. The largest absolute Gasteiger partial charge is 0.478 e. The number of thiazole rings is 1. The Balaban J connectivity index is 1.68. The van der Waals surface area contributed by atoms with Gasteiger partial charge in [-0.1, -0.05) is 12.1 Å². The SMILES string of the molecule is O=C(Cc1nc2ccccc2s1)Nc1ccc(C(=O)O)cc1. The lowest BCUT2D eigenvalue weighted by Gasteiger charge is -2.04. The molecule has 110 valence electrons. The van der Waals surface area contributed by atoms with Crippen LogP contribution in [0.3, 0.4) is 0 Å². The first-order chi connectivity index (χ1) is 10.6. The van der Waals surface area contributed by atoms with Crippen LogP contribution >= 0.6 is 11.3 Å². The topological polar surface area (TPSA) is 79.3 Å². The number of carbonyl (C=O) groups excluding carboxylic acids is 1. The molecule has 0 unspecified atom stereocenters. The quantitative estimate of drug-likeness (QED) is 0.775. The number of carboxylic acids is 1. The molecular weight excluding hydrogens is 300 g/mol. The minimum Gasteiger partial charge on any atom is -0.478 e. The second-order valence-corrected chi connectivity index (χ2v) is 5.80. The number of para-hydroxylation sites is 1. The molecule has 0 saturated heterocycles. The number of amides is 1. The third-order valence-corrected chi connectivity index (χ3v) is 4.10. The molecule has 6 heteroatoms. The van der Waals surface area contributed by atoms with E-state index in [9.17, 15) is 9.59 Å². The number of nitrogens with zero attached hydrogens (tertiary/aromatic N) is 1. The van der Waals surface area contributed by atoms with Crippen LogP contribution in [-0.4, -0.2) is 22.0 Å². The second-order valence-electron chi connectivity index (χ2n) is 4.68. The summed E-state index contributed by atoms with van der Waals surface area (Å²) in [5.74, 6) is -1.17. The summed E-state index contributed by atoms with van der Waals surface area (Å²) in [5.41, 5.74) is 1.64. The lowest BCUT2D eigenvalue weighted by atomic mass is 10.2. The zero-order chi connectivity index (χ0) is 15.5. The maximum Gasteiger partial charge on any atom is 0.335 e. The second kappa shape index (κ2) is 5.95. The number of hydrogen-bond acceptors (Lipinski definition) is 4. The Kier molecular flexibility index (Phi) is 3.84. The molecule has 0 aliphatic heterocycles. The van der Waals surface area contributed by atoms with Crippen molar-refractivity contribution < 1.29 is 14.7 Å². The van der Waals surface area contributed by atoms with Crippen LogP contribution in [0.2, 0.25) is 0 Å². The van der Waals surface area contributed by atoms with Gasteiger partial charge in [-0.3, -0.25) is 4.79 Å². The van der Waals surface area contributed by atoms with E-state index in [0.717, 1.165) is 15.2 Å². The van der Waals surface area contributed by atoms with Gasteiger partial charge >= 0.3 is 5.97 Å². The van der Waals surface area contributed by atoms with Gasteiger partial charge in [-0.25, -0.2) is 9.78 Å². The highest BCUT2D eigenvalue weighted by atomic mass is 32.1. The first-order valence-electron chi connectivity index (χ1n) is 6.59. The van der Waals surface area contributed by atoms with Gasteiger partial charge in [0.1, 0.15) is 5.01 Å². The predicted molar refractivity (Wildman–Crippen MR) is 85.4 cm³/mol. The molecular formula is C16H12N2O3S. The van der Waals surface area contributed by atoms with Crippen LogP contribution in [0.4, 0.5) is 5.69 Å². The van der Waals surface area contributed by atoms with Crippen LogP contribution in [0.25, 0.3) is 10.2 Å². The van der Waals surface area contributed by atoms with Crippen molar-refractivity contribution in [2.75, 3.05) is 5.32 Å². The highest BCUT2D eigenvalue weighted by Crippen LogP contribution is 2.22. The van der Waals surface area contributed by atoms with Crippen molar-refractivity contribution in [3.8, 4) is 0 Å². The van der Waals surface area contributed by atoms with E-state index in [-0.39, 0.29) is 17.9 Å². The van der Waals surface area contributed by atoms with E-state index < -0.39 is 5.97 Å². The molecule has 0 aliphatic rings. The fraction of sp³-hybridized carbons (Fsp3) is 0.0625. The lowest BCUT2D eigenvalue weighted by Crippen LogP contribution is -2.14. The van der Waals surface area contributed by atoms with Crippen LogP contribution in [0, 0.1) is 0 Å². The zero-order valence-electron chi connectivity index (χ0n) is 11.4. The number of hydrogen-bond donors (Lipinski definition) is 2. The number of nitrogens with one attached hydrogen (secondary N) is 1. The van der Waals surface area contributed by atoms with Gasteiger partial charge in [-0.2, -0.15) is 0 Å². The predicted octanol–water partition coefficient (Wildman–Crippen LogP) is 3.18. The Morgan fingerprint density at radius 1 is 1.09 bits per heavy atom. The Morgan fingerprint density at radius 3 is 2.50 bits per heavy atom. The van der Waals surface area contributed by atoms with Crippen molar-refractivity contribution in [3.05, 3.63) is 59.1 Å². The molecule has 0 radical (unpaired) electrons. The number of fused-ring (bicyclic) bond motifs is 1. The molecule has 1 heterocycles. The summed E-state index contributed by atoms with van der Waals surface area (Å²) < 4.78 is 1.05. The molecule has 0 bridgehead atoms. The van der Waals surface area contributed by atoms with E-state index in [1.807, 2.05) is 24.3 Å². The van der Waals surface area contributed by atoms with Crippen LogP contribution in [0.15, 0.2) is 48.5 Å². The highest BCUT2D eigenvalue weighted by molar-refractivity contribution is 7.18. The van der Waals surface area contributed by atoms with E-state index in [0.29, 0.717) is 5.69 Å². The molecule has 1 aromatic heterocycles. The van der Waals surface area contributed by atoms with Crippen molar-refractivity contribution >= 4 is 39.1 Å². The van der Waals surface area contributed by atoms with Gasteiger partial charge in [0.05, 0.1) is 22.2 Å². The number of carboxylic acid groups (broad SMARTS) is 1. The summed E-state index contributed by atoms with van der Waals surface area (Å²) >= 11 is 1.49. The monoisotopic (exact) mass is 312 g/mol. The molecule has 0 fully saturated rings. The number of rotatable bonds is 4. The zero-order valence-corrected chi connectivity index (χ0v) is 12.3. The van der Waals surface area contributed by atoms with Crippen molar-refractivity contribution in [2.45, 2.75) is 6.42 Å². The summed E-state index contributed by atoms with van der Waals surface area (Å²) in [7, 11) is 0. The highest BCUT2D eigenvalue weighted by Gasteiger charge is 2.09. The Bertz CT molecular complexity index is 807.